The standard InChI is InChI=1S/C19H22O6/c1-9-7-12(24-17(9)21)23-8-11-13-15(20)10-5-4-6-19(2,3)14(10)16(13)25-18(11)22/h7-8,12-13,15-16,20H,4-6H2,1-3H3/t12-,13?,15-,16+/m1/s1. The molecule has 0 bridgehead atoms. The van der Waals surface area contributed by atoms with E-state index in [1.165, 1.54) is 6.26 Å². The summed E-state index contributed by atoms with van der Waals surface area (Å²) in [5.41, 5.74) is 2.75. The van der Waals surface area contributed by atoms with Crippen molar-refractivity contribution in [1.29, 1.82) is 0 Å². The molecular weight excluding hydrogens is 324 g/mol. The number of esters is 2. The van der Waals surface area contributed by atoms with Gasteiger partial charge in [0.25, 0.3) is 6.29 Å². The first-order valence-electron chi connectivity index (χ1n) is 8.67. The Labute approximate surface area is 146 Å². The predicted octanol–water partition coefficient (Wildman–Crippen LogP) is 2.14. The zero-order chi connectivity index (χ0) is 17.9. The van der Waals surface area contributed by atoms with Gasteiger partial charge in [-0.3, -0.25) is 0 Å². The Morgan fingerprint density at radius 3 is 2.72 bits per heavy atom. The Bertz CT molecular complexity index is 741. The molecule has 6 nitrogen and oxygen atoms in total. The molecular formula is C19H22O6. The fourth-order valence-corrected chi connectivity index (χ4v) is 4.49. The number of ether oxygens (including phenoxy) is 3. The monoisotopic (exact) mass is 346 g/mol. The van der Waals surface area contributed by atoms with Gasteiger partial charge in [0.2, 0.25) is 0 Å². The lowest BCUT2D eigenvalue weighted by Crippen LogP contribution is -2.27. The van der Waals surface area contributed by atoms with Crippen molar-refractivity contribution in [3.8, 4) is 0 Å². The van der Waals surface area contributed by atoms with Gasteiger partial charge in [0.05, 0.1) is 23.9 Å². The van der Waals surface area contributed by atoms with Crippen LogP contribution in [0.5, 0.6) is 0 Å². The zero-order valence-corrected chi connectivity index (χ0v) is 14.6. The molecule has 4 aliphatic rings. The van der Waals surface area contributed by atoms with Crippen molar-refractivity contribution >= 4 is 11.9 Å². The van der Waals surface area contributed by atoms with Crippen molar-refractivity contribution in [2.75, 3.05) is 0 Å². The minimum absolute atomic E-state index is 0.0919. The Morgan fingerprint density at radius 2 is 2.04 bits per heavy atom. The second-order valence-electron chi connectivity index (χ2n) is 7.81. The van der Waals surface area contributed by atoms with Crippen molar-refractivity contribution in [3.05, 3.63) is 34.6 Å². The summed E-state index contributed by atoms with van der Waals surface area (Å²) in [5, 5.41) is 10.8. The van der Waals surface area contributed by atoms with Crippen molar-refractivity contribution in [3.63, 3.8) is 0 Å². The van der Waals surface area contributed by atoms with E-state index in [0.29, 0.717) is 11.1 Å². The van der Waals surface area contributed by atoms with Gasteiger partial charge in [-0.25, -0.2) is 9.59 Å². The largest absolute Gasteiger partial charge is 0.458 e. The first-order valence-corrected chi connectivity index (χ1v) is 8.67. The minimum atomic E-state index is -0.843. The molecule has 1 unspecified atom stereocenters. The highest BCUT2D eigenvalue weighted by atomic mass is 16.7. The van der Waals surface area contributed by atoms with E-state index in [0.717, 1.165) is 30.4 Å². The van der Waals surface area contributed by atoms with Crippen LogP contribution in [0, 0.1) is 11.3 Å². The van der Waals surface area contributed by atoms with E-state index in [2.05, 4.69) is 13.8 Å². The average molecular weight is 346 g/mol. The van der Waals surface area contributed by atoms with E-state index >= 15 is 0 Å². The van der Waals surface area contributed by atoms with Gasteiger partial charge in [0.15, 0.2) is 0 Å². The van der Waals surface area contributed by atoms with Gasteiger partial charge in [0.1, 0.15) is 6.10 Å². The van der Waals surface area contributed by atoms with Crippen LogP contribution >= 0.6 is 0 Å². The Hall–Kier alpha value is -2.08. The number of hydrogen-bond donors (Lipinski definition) is 1. The molecule has 4 atom stereocenters. The summed E-state index contributed by atoms with van der Waals surface area (Å²) in [6.45, 7) is 5.90. The molecule has 0 aromatic rings. The number of aliphatic hydroxyl groups is 1. The first-order chi connectivity index (χ1) is 11.8. The zero-order valence-electron chi connectivity index (χ0n) is 14.6. The molecule has 6 heteroatoms. The van der Waals surface area contributed by atoms with Crippen LogP contribution in [-0.2, 0) is 23.8 Å². The van der Waals surface area contributed by atoms with Crippen LogP contribution in [0.4, 0.5) is 0 Å². The fraction of sp³-hybridized carbons (Fsp3) is 0.579. The highest BCUT2D eigenvalue weighted by Crippen LogP contribution is 2.54. The number of aliphatic hydroxyl groups excluding tert-OH is 1. The summed E-state index contributed by atoms with van der Waals surface area (Å²) in [5.74, 6) is -1.36. The van der Waals surface area contributed by atoms with Gasteiger partial charge in [-0.2, -0.15) is 0 Å². The topological polar surface area (TPSA) is 82.1 Å². The van der Waals surface area contributed by atoms with E-state index in [4.69, 9.17) is 14.2 Å². The first kappa shape index (κ1) is 16.4. The minimum Gasteiger partial charge on any atom is -0.458 e. The number of carbonyl (C=O) groups excluding carboxylic acids is 2. The molecule has 0 amide bonds. The van der Waals surface area contributed by atoms with Gasteiger partial charge in [-0.1, -0.05) is 13.8 Å². The molecule has 4 rings (SSSR count). The average Bonchev–Trinajstić information content (AvgIpc) is 3.11. The lowest BCUT2D eigenvalue weighted by atomic mass is 9.72. The molecule has 2 heterocycles. The summed E-state index contributed by atoms with van der Waals surface area (Å²) in [6.07, 6.45) is 3.70. The van der Waals surface area contributed by atoms with Gasteiger partial charge in [0, 0.05) is 11.6 Å². The number of carbonyl (C=O) groups is 2. The van der Waals surface area contributed by atoms with Crippen LogP contribution in [0.15, 0.2) is 34.6 Å². The number of hydrogen-bond acceptors (Lipinski definition) is 6. The van der Waals surface area contributed by atoms with Gasteiger partial charge in [-0.15, -0.1) is 0 Å². The molecule has 134 valence electrons. The fourth-order valence-electron chi connectivity index (χ4n) is 4.49. The highest BCUT2D eigenvalue weighted by Gasteiger charge is 2.56. The molecule has 0 radical (unpaired) electrons. The van der Waals surface area contributed by atoms with Crippen molar-refractivity contribution < 1.29 is 28.9 Å². The van der Waals surface area contributed by atoms with Crippen LogP contribution in [-0.4, -0.2) is 35.5 Å². The summed E-state index contributed by atoms with van der Waals surface area (Å²) < 4.78 is 16.1. The third kappa shape index (κ3) is 2.42. The van der Waals surface area contributed by atoms with E-state index < -0.39 is 36.4 Å². The third-order valence-corrected chi connectivity index (χ3v) is 5.72. The molecule has 25 heavy (non-hydrogen) atoms. The molecule has 1 saturated heterocycles. The number of rotatable bonds is 2. The maximum atomic E-state index is 12.3. The van der Waals surface area contributed by atoms with Crippen LogP contribution in [0.2, 0.25) is 0 Å². The third-order valence-electron chi connectivity index (χ3n) is 5.72. The maximum absolute atomic E-state index is 12.3. The maximum Gasteiger partial charge on any atom is 0.338 e. The lowest BCUT2D eigenvalue weighted by Gasteiger charge is -2.34. The summed E-state index contributed by atoms with van der Waals surface area (Å²) >= 11 is 0. The van der Waals surface area contributed by atoms with Crippen LogP contribution in [0.1, 0.15) is 40.0 Å². The molecule has 0 spiro atoms. The summed E-state index contributed by atoms with van der Waals surface area (Å²) in [7, 11) is 0. The SMILES string of the molecule is CC1=C[C@H](OC=C2C(=O)O[C@@H]3C4=C(CCCC4(C)C)[C@@H](O)C23)OC1=O. The van der Waals surface area contributed by atoms with Crippen LogP contribution in [0.3, 0.4) is 0 Å². The van der Waals surface area contributed by atoms with E-state index in [9.17, 15) is 14.7 Å². The van der Waals surface area contributed by atoms with Crippen LogP contribution < -0.4 is 0 Å². The molecule has 0 saturated carbocycles. The number of cyclic esters (lactones) is 1. The van der Waals surface area contributed by atoms with E-state index in [-0.39, 0.29) is 5.41 Å². The van der Waals surface area contributed by atoms with Crippen molar-refractivity contribution in [2.24, 2.45) is 11.3 Å². The Morgan fingerprint density at radius 1 is 1.28 bits per heavy atom. The van der Waals surface area contributed by atoms with Crippen LogP contribution in [0.25, 0.3) is 0 Å². The quantitative estimate of drug-likeness (QED) is 0.357. The Kier molecular flexibility index (Phi) is 3.58. The van der Waals surface area contributed by atoms with E-state index in [1.54, 1.807) is 13.0 Å². The van der Waals surface area contributed by atoms with Gasteiger partial charge < -0.3 is 19.3 Å². The van der Waals surface area contributed by atoms with E-state index in [1.807, 2.05) is 0 Å². The molecule has 2 aliphatic carbocycles. The smallest absolute Gasteiger partial charge is 0.338 e. The normalized spacial score (nSPS) is 37.6. The molecule has 0 aromatic heterocycles. The summed E-state index contributed by atoms with van der Waals surface area (Å²) in [6, 6.07) is 0. The second-order valence-corrected chi connectivity index (χ2v) is 7.81. The molecule has 0 aromatic carbocycles. The second kappa shape index (κ2) is 5.46. The number of fused-ring (bicyclic) bond motifs is 2. The predicted molar refractivity (Wildman–Crippen MR) is 86.8 cm³/mol. The highest BCUT2D eigenvalue weighted by molar-refractivity contribution is 5.93. The van der Waals surface area contributed by atoms with Crippen molar-refractivity contribution in [1.82, 2.24) is 0 Å². The Balaban J connectivity index is 1.60. The van der Waals surface area contributed by atoms with Gasteiger partial charge >= 0.3 is 11.9 Å². The molecule has 2 aliphatic heterocycles. The summed E-state index contributed by atoms with van der Waals surface area (Å²) in [4.78, 5) is 23.7. The van der Waals surface area contributed by atoms with Crippen molar-refractivity contribution in [2.45, 2.75) is 58.5 Å². The molecule has 1 fully saturated rings. The molecule has 1 N–H and O–H groups in total. The van der Waals surface area contributed by atoms with Gasteiger partial charge in [-0.05, 0) is 42.7 Å². The lowest BCUT2D eigenvalue weighted by molar-refractivity contribution is -0.152.